The van der Waals surface area contributed by atoms with Crippen molar-refractivity contribution in [1.29, 1.82) is 5.26 Å². The van der Waals surface area contributed by atoms with E-state index in [1.54, 1.807) is 12.0 Å². The van der Waals surface area contributed by atoms with Gasteiger partial charge in [0.25, 0.3) is 0 Å². The van der Waals surface area contributed by atoms with Crippen molar-refractivity contribution in [1.82, 2.24) is 15.5 Å². The fourth-order valence-corrected chi connectivity index (χ4v) is 4.10. The fourth-order valence-electron chi connectivity index (χ4n) is 4.10. The molecule has 1 saturated carbocycles. The number of anilines is 1. The standard InChI is InChI=1S/C21H29N5O3/c1-29-18-7-5-17(6-8-18)25-13-15-26(16-14-25)20(28)24-21(9-3-2-4-10-21)19(27)23-12-11-22/h5-8H,2-4,9-10,12-16H2,1H3,(H,23,27)(H,24,28). The Hall–Kier alpha value is -2.95. The lowest BCUT2D eigenvalue weighted by atomic mass is 9.81. The highest BCUT2D eigenvalue weighted by molar-refractivity contribution is 5.91. The van der Waals surface area contributed by atoms with Gasteiger partial charge in [-0.25, -0.2) is 4.79 Å². The number of rotatable bonds is 5. The zero-order chi connectivity index (χ0) is 20.7. The Morgan fingerprint density at radius 2 is 1.76 bits per heavy atom. The lowest BCUT2D eigenvalue weighted by Gasteiger charge is -2.40. The summed E-state index contributed by atoms with van der Waals surface area (Å²) in [6.07, 6.45) is 4.07. The Balaban J connectivity index is 1.58. The minimum absolute atomic E-state index is 0.0447. The number of nitrogens with zero attached hydrogens (tertiary/aromatic N) is 3. The molecule has 2 fully saturated rings. The highest BCUT2D eigenvalue weighted by Gasteiger charge is 2.41. The van der Waals surface area contributed by atoms with Crippen molar-refractivity contribution in [2.45, 2.75) is 37.6 Å². The second-order valence-electron chi connectivity index (χ2n) is 7.59. The first kappa shape index (κ1) is 20.8. The van der Waals surface area contributed by atoms with Gasteiger partial charge < -0.3 is 25.2 Å². The maximum Gasteiger partial charge on any atom is 0.318 e. The summed E-state index contributed by atoms with van der Waals surface area (Å²) in [7, 11) is 1.64. The molecule has 1 saturated heterocycles. The highest BCUT2D eigenvalue weighted by Crippen LogP contribution is 2.29. The maximum atomic E-state index is 12.9. The van der Waals surface area contributed by atoms with Crippen molar-refractivity contribution in [2.75, 3.05) is 44.7 Å². The molecule has 1 aromatic carbocycles. The summed E-state index contributed by atoms with van der Waals surface area (Å²) in [5.74, 6) is 0.572. The summed E-state index contributed by atoms with van der Waals surface area (Å²) in [6.45, 7) is 2.60. The minimum atomic E-state index is -0.903. The molecule has 0 unspecified atom stereocenters. The van der Waals surface area contributed by atoms with Gasteiger partial charge in [-0.2, -0.15) is 5.26 Å². The number of benzene rings is 1. The number of urea groups is 1. The van der Waals surface area contributed by atoms with Gasteiger partial charge in [0.1, 0.15) is 17.8 Å². The number of amides is 3. The van der Waals surface area contributed by atoms with Crippen LogP contribution in [0.25, 0.3) is 0 Å². The molecule has 3 rings (SSSR count). The SMILES string of the molecule is COc1ccc(N2CCN(C(=O)NC3(C(=O)NCC#N)CCCCC3)CC2)cc1. The number of carbonyl (C=O) groups excluding carboxylic acids is 2. The molecular formula is C21H29N5O3. The van der Waals surface area contributed by atoms with E-state index in [1.165, 1.54) is 0 Å². The van der Waals surface area contributed by atoms with Gasteiger partial charge in [-0.1, -0.05) is 19.3 Å². The Morgan fingerprint density at radius 3 is 2.34 bits per heavy atom. The molecule has 1 aromatic rings. The van der Waals surface area contributed by atoms with Gasteiger partial charge in [0.05, 0.1) is 13.2 Å². The molecule has 0 spiro atoms. The van der Waals surface area contributed by atoms with Crippen molar-refractivity contribution < 1.29 is 14.3 Å². The summed E-state index contributed by atoms with van der Waals surface area (Å²) in [6, 6.07) is 9.63. The molecule has 1 aliphatic heterocycles. The molecule has 1 heterocycles. The van der Waals surface area contributed by atoms with Gasteiger partial charge in [-0.15, -0.1) is 0 Å². The highest BCUT2D eigenvalue weighted by atomic mass is 16.5. The molecule has 0 atom stereocenters. The van der Waals surface area contributed by atoms with Crippen molar-refractivity contribution in [3.63, 3.8) is 0 Å². The van der Waals surface area contributed by atoms with E-state index in [0.29, 0.717) is 25.9 Å². The minimum Gasteiger partial charge on any atom is -0.497 e. The smallest absolute Gasteiger partial charge is 0.318 e. The molecule has 1 aliphatic carbocycles. The molecule has 0 aromatic heterocycles. The van der Waals surface area contributed by atoms with Crippen LogP contribution in [0.15, 0.2) is 24.3 Å². The van der Waals surface area contributed by atoms with E-state index in [4.69, 9.17) is 10.00 Å². The topological polar surface area (TPSA) is 97.7 Å². The fraction of sp³-hybridized carbons (Fsp3) is 0.571. The summed E-state index contributed by atoms with van der Waals surface area (Å²) >= 11 is 0. The molecular weight excluding hydrogens is 370 g/mol. The third-order valence-electron chi connectivity index (χ3n) is 5.82. The number of carbonyl (C=O) groups is 2. The monoisotopic (exact) mass is 399 g/mol. The number of hydrogen-bond donors (Lipinski definition) is 2. The number of hydrogen-bond acceptors (Lipinski definition) is 5. The first-order valence-electron chi connectivity index (χ1n) is 10.2. The van der Waals surface area contributed by atoms with E-state index in [9.17, 15) is 9.59 Å². The first-order valence-corrected chi connectivity index (χ1v) is 10.2. The lowest BCUT2D eigenvalue weighted by molar-refractivity contribution is -0.128. The predicted molar refractivity (Wildman–Crippen MR) is 110 cm³/mol. The Bertz CT molecular complexity index is 745. The van der Waals surface area contributed by atoms with E-state index >= 15 is 0 Å². The van der Waals surface area contributed by atoms with Crippen molar-refractivity contribution in [2.24, 2.45) is 0 Å². The van der Waals surface area contributed by atoms with Crippen LogP contribution in [-0.2, 0) is 4.79 Å². The van der Waals surface area contributed by atoms with Crippen molar-refractivity contribution in [3.05, 3.63) is 24.3 Å². The number of ether oxygens (including phenoxy) is 1. The van der Waals surface area contributed by atoms with Crippen LogP contribution < -0.4 is 20.3 Å². The molecule has 8 heteroatoms. The Labute approximate surface area is 171 Å². The molecule has 2 N–H and O–H groups in total. The van der Waals surface area contributed by atoms with Crippen molar-refractivity contribution in [3.8, 4) is 11.8 Å². The zero-order valence-electron chi connectivity index (χ0n) is 16.9. The van der Waals surface area contributed by atoms with E-state index in [1.807, 2.05) is 30.3 Å². The lowest BCUT2D eigenvalue weighted by Crippen LogP contribution is -2.63. The summed E-state index contributed by atoms with van der Waals surface area (Å²) in [4.78, 5) is 29.6. The second-order valence-corrected chi connectivity index (χ2v) is 7.59. The van der Waals surface area contributed by atoms with Gasteiger partial charge >= 0.3 is 6.03 Å². The largest absolute Gasteiger partial charge is 0.497 e. The Kier molecular flexibility index (Phi) is 6.81. The van der Waals surface area contributed by atoms with E-state index in [0.717, 1.165) is 43.8 Å². The van der Waals surface area contributed by atoms with Gasteiger partial charge in [-0.3, -0.25) is 4.79 Å². The number of nitrogens with one attached hydrogen (secondary N) is 2. The van der Waals surface area contributed by atoms with Gasteiger partial charge in [0.15, 0.2) is 0 Å². The summed E-state index contributed by atoms with van der Waals surface area (Å²) in [5.41, 5.74) is 0.199. The van der Waals surface area contributed by atoms with Crippen LogP contribution >= 0.6 is 0 Å². The third kappa shape index (κ3) is 4.91. The molecule has 0 bridgehead atoms. The number of methoxy groups -OCH3 is 1. The van der Waals surface area contributed by atoms with Gasteiger partial charge in [0.2, 0.25) is 5.91 Å². The molecule has 3 amide bonds. The van der Waals surface area contributed by atoms with Crippen LogP contribution in [0.5, 0.6) is 5.75 Å². The molecule has 8 nitrogen and oxygen atoms in total. The number of nitriles is 1. The Morgan fingerprint density at radius 1 is 1.10 bits per heavy atom. The maximum absolute atomic E-state index is 12.9. The molecule has 156 valence electrons. The van der Waals surface area contributed by atoms with Crippen LogP contribution in [0.1, 0.15) is 32.1 Å². The van der Waals surface area contributed by atoms with Crippen LogP contribution in [0, 0.1) is 11.3 Å². The van der Waals surface area contributed by atoms with E-state index in [2.05, 4.69) is 15.5 Å². The normalized spacial score (nSPS) is 18.5. The molecule has 0 radical (unpaired) electrons. The quantitative estimate of drug-likeness (QED) is 0.737. The van der Waals surface area contributed by atoms with Crippen LogP contribution in [0.3, 0.4) is 0 Å². The van der Waals surface area contributed by atoms with Crippen LogP contribution in [-0.4, -0.2) is 62.2 Å². The van der Waals surface area contributed by atoms with Crippen molar-refractivity contribution >= 4 is 17.6 Å². The summed E-state index contributed by atoms with van der Waals surface area (Å²) < 4.78 is 5.20. The van der Waals surface area contributed by atoms with Crippen LogP contribution in [0.4, 0.5) is 10.5 Å². The second kappa shape index (κ2) is 9.50. The third-order valence-corrected chi connectivity index (χ3v) is 5.82. The zero-order valence-corrected chi connectivity index (χ0v) is 16.9. The predicted octanol–water partition coefficient (Wildman–Crippen LogP) is 1.87. The van der Waals surface area contributed by atoms with Crippen LogP contribution in [0.2, 0.25) is 0 Å². The van der Waals surface area contributed by atoms with E-state index in [-0.39, 0.29) is 18.5 Å². The number of piperazine rings is 1. The van der Waals surface area contributed by atoms with Gasteiger partial charge in [0, 0.05) is 31.9 Å². The van der Waals surface area contributed by atoms with E-state index < -0.39 is 5.54 Å². The molecule has 2 aliphatic rings. The summed E-state index contributed by atoms with van der Waals surface area (Å²) in [5, 5.41) is 14.4. The molecule has 29 heavy (non-hydrogen) atoms. The van der Waals surface area contributed by atoms with Gasteiger partial charge in [-0.05, 0) is 37.1 Å². The average molecular weight is 399 g/mol. The first-order chi connectivity index (χ1) is 14.1. The average Bonchev–Trinajstić information content (AvgIpc) is 2.78.